The molecule has 2 aromatic heterocycles. The Hall–Kier alpha value is -2.51. The lowest BCUT2D eigenvalue weighted by Crippen LogP contribution is -2.31. The number of halogens is 1. The summed E-state index contributed by atoms with van der Waals surface area (Å²) in [4.78, 5) is 19.7. The molecule has 0 bridgehead atoms. The van der Waals surface area contributed by atoms with Gasteiger partial charge in [0.2, 0.25) is 0 Å². The number of fused-ring (bicyclic) bond motifs is 1. The van der Waals surface area contributed by atoms with Gasteiger partial charge in [0, 0.05) is 23.3 Å². The van der Waals surface area contributed by atoms with Crippen LogP contribution in [0.4, 0.5) is 5.13 Å². The van der Waals surface area contributed by atoms with Gasteiger partial charge in [0.25, 0.3) is 5.91 Å². The Morgan fingerprint density at radius 2 is 2.00 bits per heavy atom. The van der Waals surface area contributed by atoms with Gasteiger partial charge in [-0.2, -0.15) is 5.10 Å². The largest absolute Gasteiger partial charge is 0.281 e. The van der Waals surface area contributed by atoms with E-state index in [9.17, 15) is 4.79 Å². The maximum Gasteiger partial charge on any atom is 0.281 e. The fourth-order valence-electron chi connectivity index (χ4n) is 2.94. The Morgan fingerprint density at radius 1 is 1.22 bits per heavy atom. The molecule has 2 heterocycles. The van der Waals surface area contributed by atoms with Gasteiger partial charge in [-0.25, -0.2) is 4.98 Å². The highest BCUT2D eigenvalue weighted by Gasteiger charge is 2.25. The average molecular weight is 441 g/mol. The van der Waals surface area contributed by atoms with E-state index in [1.165, 1.54) is 11.3 Å². The number of nitrogens with zero attached hydrogens (tertiary/aromatic N) is 4. The zero-order valence-electron chi connectivity index (χ0n) is 14.9. The quantitative estimate of drug-likeness (QED) is 0.451. The van der Waals surface area contributed by atoms with Crippen LogP contribution in [0, 0.1) is 6.92 Å². The summed E-state index contributed by atoms with van der Waals surface area (Å²) >= 11 is 5.00. The summed E-state index contributed by atoms with van der Waals surface area (Å²) in [6.45, 7) is 2.34. The summed E-state index contributed by atoms with van der Waals surface area (Å²) in [7, 11) is 1.82. The molecule has 0 aliphatic carbocycles. The highest BCUT2D eigenvalue weighted by molar-refractivity contribution is 9.10. The van der Waals surface area contributed by atoms with Crippen molar-refractivity contribution in [1.29, 1.82) is 0 Å². The highest BCUT2D eigenvalue weighted by atomic mass is 79.9. The van der Waals surface area contributed by atoms with Crippen LogP contribution in [-0.4, -0.2) is 20.7 Å². The molecule has 4 aromatic rings. The van der Waals surface area contributed by atoms with Gasteiger partial charge in [-0.3, -0.25) is 14.4 Å². The second kappa shape index (κ2) is 7.25. The van der Waals surface area contributed by atoms with Crippen LogP contribution in [0.3, 0.4) is 0 Å². The van der Waals surface area contributed by atoms with Gasteiger partial charge in [0.05, 0.1) is 16.8 Å². The lowest BCUT2D eigenvalue weighted by molar-refractivity contribution is 0.0979. The zero-order chi connectivity index (χ0) is 19.0. The Balaban J connectivity index is 1.79. The molecule has 7 heteroatoms. The van der Waals surface area contributed by atoms with Gasteiger partial charge in [0.15, 0.2) is 10.8 Å². The number of hydrogen-bond donors (Lipinski definition) is 0. The Morgan fingerprint density at radius 3 is 2.70 bits per heavy atom. The number of carbonyl (C=O) groups is 1. The molecule has 0 spiro atoms. The molecule has 0 saturated heterocycles. The van der Waals surface area contributed by atoms with Gasteiger partial charge in [0.1, 0.15) is 0 Å². The van der Waals surface area contributed by atoms with Crippen molar-refractivity contribution in [3.05, 3.63) is 76.0 Å². The number of amides is 1. The fraction of sp³-hybridized carbons (Fsp3) is 0.150. The number of benzene rings is 2. The highest BCUT2D eigenvalue weighted by Crippen LogP contribution is 2.32. The topological polar surface area (TPSA) is 51.0 Å². The van der Waals surface area contributed by atoms with Crippen LogP contribution in [0.25, 0.3) is 10.2 Å². The summed E-state index contributed by atoms with van der Waals surface area (Å²) in [5, 5.41) is 5.03. The first-order valence-electron chi connectivity index (χ1n) is 8.43. The third kappa shape index (κ3) is 3.65. The van der Waals surface area contributed by atoms with Crippen LogP contribution in [-0.2, 0) is 13.6 Å². The first-order chi connectivity index (χ1) is 13.0. The van der Waals surface area contributed by atoms with Gasteiger partial charge in [-0.15, -0.1) is 0 Å². The standard InChI is InChI=1S/C20H17BrN4OS/c1-13-11-24(2)23-18(13)19(26)25(12-14-6-4-3-5-7-14)20-22-16-9-8-15(21)10-17(16)27-20/h3-11H,12H2,1-2H3. The Bertz CT molecular complexity index is 1120. The van der Waals surface area contributed by atoms with Crippen molar-refractivity contribution in [2.75, 3.05) is 4.90 Å². The van der Waals surface area contributed by atoms with Crippen LogP contribution < -0.4 is 4.90 Å². The van der Waals surface area contributed by atoms with Crippen LogP contribution in [0.5, 0.6) is 0 Å². The molecule has 4 rings (SSSR count). The molecule has 2 aromatic carbocycles. The predicted molar refractivity (Wildman–Crippen MR) is 112 cm³/mol. The molecule has 27 heavy (non-hydrogen) atoms. The first-order valence-corrected chi connectivity index (χ1v) is 10.0. The van der Waals surface area contributed by atoms with Gasteiger partial charge in [-0.1, -0.05) is 57.6 Å². The number of rotatable bonds is 4. The molecule has 0 atom stereocenters. The number of hydrogen-bond acceptors (Lipinski definition) is 4. The number of aromatic nitrogens is 3. The lowest BCUT2D eigenvalue weighted by Gasteiger charge is -2.19. The van der Waals surface area contributed by atoms with Crippen molar-refractivity contribution >= 4 is 48.5 Å². The minimum Gasteiger partial charge on any atom is -0.278 e. The third-order valence-electron chi connectivity index (χ3n) is 4.21. The van der Waals surface area contributed by atoms with E-state index >= 15 is 0 Å². The molecule has 0 unspecified atom stereocenters. The van der Waals surface area contributed by atoms with E-state index in [2.05, 4.69) is 21.0 Å². The average Bonchev–Trinajstić information content (AvgIpc) is 3.22. The number of anilines is 1. The molecule has 0 N–H and O–H groups in total. The maximum atomic E-state index is 13.3. The molecule has 136 valence electrons. The van der Waals surface area contributed by atoms with Crippen molar-refractivity contribution in [2.24, 2.45) is 7.05 Å². The molecule has 1 amide bonds. The predicted octanol–water partition coefficient (Wildman–Crippen LogP) is 4.95. The van der Waals surface area contributed by atoms with E-state index in [0.29, 0.717) is 17.4 Å². The van der Waals surface area contributed by atoms with Gasteiger partial charge in [-0.05, 0) is 30.7 Å². The second-order valence-electron chi connectivity index (χ2n) is 6.32. The van der Waals surface area contributed by atoms with Crippen LogP contribution in [0.15, 0.2) is 59.2 Å². The smallest absolute Gasteiger partial charge is 0.278 e. The lowest BCUT2D eigenvalue weighted by atomic mass is 10.2. The number of thiazole rings is 1. The molecular weight excluding hydrogens is 424 g/mol. The molecule has 0 radical (unpaired) electrons. The van der Waals surface area contributed by atoms with Crippen molar-refractivity contribution in [3.8, 4) is 0 Å². The molecule has 5 nitrogen and oxygen atoms in total. The van der Waals surface area contributed by atoms with E-state index in [-0.39, 0.29) is 5.91 Å². The first kappa shape index (κ1) is 17.9. The van der Waals surface area contributed by atoms with Crippen molar-refractivity contribution in [3.63, 3.8) is 0 Å². The summed E-state index contributed by atoms with van der Waals surface area (Å²) in [6, 6.07) is 15.9. The zero-order valence-corrected chi connectivity index (χ0v) is 17.3. The van der Waals surface area contributed by atoms with Gasteiger partial charge < -0.3 is 0 Å². The summed E-state index contributed by atoms with van der Waals surface area (Å²) < 4.78 is 3.69. The van der Waals surface area contributed by atoms with E-state index in [1.807, 2.05) is 68.7 Å². The third-order valence-corrected chi connectivity index (χ3v) is 5.75. The molecule has 0 aliphatic rings. The minimum absolute atomic E-state index is 0.143. The van der Waals surface area contributed by atoms with Crippen LogP contribution in [0.1, 0.15) is 21.6 Å². The Labute approximate surface area is 169 Å². The molecular formula is C20H17BrN4OS. The minimum atomic E-state index is -0.143. The van der Waals surface area contributed by atoms with E-state index < -0.39 is 0 Å². The van der Waals surface area contributed by atoms with E-state index in [0.717, 1.165) is 25.8 Å². The molecule has 0 saturated carbocycles. The van der Waals surface area contributed by atoms with Crippen LogP contribution in [0.2, 0.25) is 0 Å². The Kier molecular flexibility index (Phi) is 4.80. The summed E-state index contributed by atoms with van der Waals surface area (Å²) in [6.07, 6.45) is 1.85. The monoisotopic (exact) mass is 440 g/mol. The van der Waals surface area contributed by atoms with E-state index in [4.69, 9.17) is 4.98 Å². The van der Waals surface area contributed by atoms with Crippen LogP contribution >= 0.6 is 27.3 Å². The normalized spacial score (nSPS) is 11.1. The molecule has 0 fully saturated rings. The SMILES string of the molecule is Cc1cn(C)nc1C(=O)N(Cc1ccccc1)c1nc2ccc(Br)cc2s1. The van der Waals surface area contributed by atoms with Crippen molar-refractivity contribution < 1.29 is 4.79 Å². The summed E-state index contributed by atoms with van der Waals surface area (Å²) in [5.41, 5.74) is 3.22. The fourth-order valence-corrected chi connectivity index (χ4v) is 4.46. The molecule has 0 aliphatic heterocycles. The van der Waals surface area contributed by atoms with Crippen molar-refractivity contribution in [2.45, 2.75) is 13.5 Å². The van der Waals surface area contributed by atoms with E-state index in [1.54, 1.807) is 9.58 Å². The second-order valence-corrected chi connectivity index (χ2v) is 8.24. The number of carbonyl (C=O) groups excluding carboxylic acids is 1. The summed E-state index contributed by atoms with van der Waals surface area (Å²) in [5.74, 6) is -0.143. The number of aryl methyl sites for hydroxylation is 2. The van der Waals surface area contributed by atoms with Gasteiger partial charge >= 0.3 is 0 Å². The van der Waals surface area contributed by atoms with Crippen molar-refractivity contribution in [1.82, 2.24) is 14.8 Å². The maximum absolute atomic E-state index is 13.3.